The molecule has 0 spiro atoms. The number of carbonyl (C=O) groups excluding carboxylic acids is 1. The molecule has 0 aliphatic carbocycles. The van der Waals surface area contributed by atoms with Gasteiger partial charge in [-0.05, 0) is 52.4 Å². The maximum atomic E-state index is 12.8. The zero-order valence-corrected chi connectivity index (χ0v) is 16.1. The molecule has 3 aromatic carbocycles. The summed E-state index contributed by atoms with van der Waals surface area (Å²) in [5.41, 5.74) is 3.88. The van der Waals surface area contributed by atoms with Crippen molar-refractivity contribution >= 4 is 45.5 Å². The fourth-order valence-electron chi connectivity index (χ4n) is 2.98. The molecule has 0 atom stereocenters. The van der Waals surface area contributed by atoms with Gasteiger partial charge in [-0.2, -0.15) is 0 Å². The molecule has 5 heteroatoms. The molecular formula is C21H17IN3O+. The number of fused-ring (bicyclic) bond motifs is 1. The van der Waals surface area contributed by atoms with E-state index in [1.54, 1.807) is 0 Å². The number of H-pyrrole nitrogens is 1. The standard InChI is InChI=1S/C21H16IN3O/c22-17-11-5-4-10-16(17)20(26)24-21-23-18-12-6-7-13-19(18)25(21)14-15-8-2-1-3-9-15/h1-13H,14H2,(H,23,24,26)/p+1. The number of amides is 1. The average Bonchev–Trinajstić information content (AvgIpc) is 3.00. The van der Waals surface area contributed by atoms with Crippen molar-refractivity contribution in [3.8, 4) is 0 Å². The second-order valence-electron chi connectivity index (χ2n) is 6.00. The summed E-state index contributed by atoms with van der Waals surface area (Å²) in [5.74, 6) is 0.558. The number of aromatic nitrogens is 2. The Hall–Kier alpha value is -2.67. The summed E-state index contributed by atoms with van der Waals surface area (Å²) >= 11 is 2.18. The van der Waals surface area contributed by atoms with Crippen LogP contribution in [-0.2, 0) is 6.54 Å². The Kier molecular flexibility index (Phi) is 4.71. The van der Waals surface area contributed by atoms with E-state index < -0.39 is 0 Å². The quantitative estimate of drug-likeness (QED) is 0.350. The molecule has 0 saturated heterocycles. The predicted molar refractivity (Wildman–Crippen MR) is 111 cm³/mol. The molecule has 128 valence electrons. The summed E-state index contributed by atoms with van der Waals surface area (Å²) in [6.07, 6.45) is 0. The first-order valence-electron chi connectivity index (χ1n) is 8.33. The summed E-state index contributed by atoms with van der Waals surface area (Å²) in [4.78, 5) is 16.1. The van der Waals surface area contributed by atoms with Crippen molar-refractivity contribution < 1.29 is 9.36 Å². The van der Waals surface area contributed by atoms with Crippen LogP contribution < -0.4 is 9.88 Å². The van der Waals surface area contributed by atoms with Crippen LogP contribution in [0.4, 0.5) is 5.95 Å². The lowest BCUT2D eigenvalue weighted by Gasteiger charge is -2.05. The lowest BCUT2D eigenvalue weighted by Crippen LogP contribution is -2.38. The van der Waals surface area contributed by atoms with Crippen LogP contribution in [0.3, 0.4) is 0 Å². The maximum Gasteiger partial charge on any atom is 0.363 e. The molecule has 0 fully saturated rings. The number of imidazole rings is 1. The number of aromatic amines is 1. The van der Waals surface area contributed by atoms with Crippen molar-refractivity contribution in [1.82, 2.24) is 4.98 Å². The van der Waals surface area contributed by atoms with Gasteiger partial charge in [0.15, 0.2) is 0 Å². The fourth-order valence-corrected chi connectivity index (χ4v) is 3.61. The summed E-state index contributed by atoms with van der Waals surface area (Å²) in [5, 5.41) is 3.04. The van der Waals surface area contributed by atoms with Gasteiger partial charge in [0, 0.05) is 3.57 Å². The molecule has 1 aromatic heterocycles. The topological polar surface area (TPSA) is 48.8 Å². The normalized spacial score (nSPS) is 10.8. The number of hydrogen-bond acceptors (Lipinski definition) is 1. The molecule has 2 N–H and O–H groups in total. The van der Waals surface area contributed by atoms with Gasteiger partial charge >= 0.3 is 11.9 Å². The number of carbonyl (C=O) groups is 1. The van der Waals surface area contributed by atoms with Crippen LogP contribution in [-0.4, -0.2) is 10.9 Å². The van der Waals surface area contributed by atoms with Crippen molar-refractivity contribution in [2.45, 2.75) is 6.54 Å². The Labute approximate surface area is 165 Å². The number of halogens is 1. The minimum absolute atomic E-state index is 0.122. The van der Waals surface area contributed by atoms with Crippen LogP contribution in [0, 0.1) is 3.57 Å². The lowest BCUT2D eigenvalue weighted by molar-refractivity contribution is -0.647. The zero-order valence-electron chi connectivity index (χ0n) is 13.9. The smallest absolute Gasteiger partial charge is 0.250 e. The molecule has 1 amide bonds. The van der Waals surface area contributed by atoms with E-state index in [1.807, 2.05) is 60.7 Å². The second-order valence-corrected chi connectivity index (χ2v) is 7.16. The van der Waals surface area contributed by atoms with Gasteiger partial charge < -0.3 is 0 Å². The summed E-state index contributed by atoms with van der Waals surface area (Å²) < 4.78 is 3.02. The van der Waals surface area contributed by atoms with E-state index in [-0.39, 0.29) is 5.91 Å². The Balaban J connectivity index is 1.73. The van der Waals surface area contributed by atoms with Gasteiger partial charge in [-0.1, -0.05) is 54.6 Å². The van der Waals surface area contributed by atoms with E-state index in [0.717, 1.165) is 14.6 Å². The van der Waals surface area contributed by atoms with E-state index >= 15 is 0 Å². The predicted octanol–water partition coefficient (Wildman–Crippen LogP) is 4.36. The van der Waals surface area contributed by atoms with E-state index in [1.165, 1.54) is 5.56 Å². The van der Waals surface area contributed by atoms with Crippen LogP contribution in [0.15, 0.2) is 78.9 Å². The van der Waals surface area contributed by atoms with Gasteiger partial charge in [0.2, 0.25) is 0 Å². The number of para-hydroxylation sites is 2. The molecule has 4 rings (SSSR count). The number of nitrogens with one attached hydrogen (secondary N) is 2. The lowest BCUT2D eigenvalue weighted by atomic mass is 10.2. The highest BCUT2D eigenvalue weighted by atomic mass is 127. The molecule has 0 unspecified atom stereocenters. The van der Waals surface area contributed by atoms with E-state index in [0.29, 0.717) is 18.1 Å². The van der Waals surface area contributed by atoms with Crippen LogP contribution in [0.5, 0.6) is 0 Å². The van der Waals surface area contributed by atoms with Gasteiger partial charge in [-0.25, -0.2) is 14.9 Å². The highest BCUT2D eigenvalue weighted by Crippen LogP contribution is 2.16. The second kappa shape index (κ2) is 7.29. The highest BCUT2D eigenvalue weighted by Gasteiger charge is 2.22. The summed E-state index contributed by atoms with van der Waals surface area (Å²) in [6.45, 7) is 0.673. The molecule has 4 aromatic rings. The maximum absolute atomic E-state index is 12.8. The van der Waals surface area contributed by atoms with E-state index in [9.17, 15) is 4.79 Å². The number of anilines is 1. The Morgan fingerprint density at radius 2 is 1.62 bits per heavy atom. The number of nitrogens with zero attached hydrogens (tertiary/aromatic N) is 1. The van der Waals surface area contributed by atoms with Gasteiger partial charge in [-0.3, -0.25) is 4.79 Å². The molecule has 0 aliphatic heterocycles. The zero-order chi connectivity index (χ0) is 17.9. The largest absolute Gasteiger partial charge is 0.363 e. The Morgan fingerprint density at radius 1 is 0.923 bits per heavy atom. The van der Waals surface area contributed by atoms with Crippen molar-refractivity contribution in [2.75, 3.05) is 5.32 Å². The van der Waals surface area contributed by atoms with Crippen molar-refractivity contribution in [3.05, 3.63) is 93.6 Å². The molecule has 1 heterocycles. The van der Waals surface area contributed by atoms with Gasteiger partial charge in [0.1, 0.15) is 11.0 Å². The Bertz CT molecular complexity index is 1070. The molecule has 4 nitrogen and oxygen atoms in total. The van der Waals surface area contributed by atoms with E-state index in [4.69, 9.17) is 0 Å². The first-order chi connectivity index (χ1) is 12.7. The van der Waals surface area contributed by atoms with Gasteiger partial charge in [0.25, 0.3) is 0 Å². The fraction of sp³-hybridized carbons (Fsp3) is 0.0476. The summed E-state index contributed by atoms with van der Waals surface area (Å²) in [7, 11) is 0. The number of rotatable bonds is 4. The van der Waals surface area contributed by atoms with Crippen LogP contribution in [0.1, 0.15) is 15.9 Å². The monoisotopic (exact) mass is 454 g/mol. The van der Waals surface area contributed by atoms with Crippen molar-refractivity contribution in [3.63, 3.8) is 0 Å². The Morgan fingerprint density at radius 3 is 2.42 bits per heavy atom. The molecule has 26 heavy (non-hydrogen) atoms. The average molecular weight is 454 g/mol. The third-order valence-corrected chi connectivity index (χ3v) is 5.19. The molecule has 0 aliphatic rings. The summed E-state index contributed by atoms with van der Waals surface area (Å²) in [6, 6.07) is 25.8. The minimum Gasteiger partial charge on any atom is -0.250 e. The van der Waals surface area contributed by atoms with Crippen LogP contribution in [0.2, 0.25) is 0 Å². The van der Waals surface area contributed by atoms with E-state index in [2.05, 4.69) is 55.7 Å². The van der Waals surface area contributed by atoms with Gasteiger partial charge in [0.05, 0.1) is 12.1 Å². The minimum atomic E-state index is -0.122. The number of benzene rings is 3. The molecule has 0 radical (unpaired) electrons. The first-order valence-corrected chi connectivity index (χ1v) is 9.40. The third kappa shape index (κ3) is 3.35. The highest BCUT2D eigenvalue weighted by molar-refractivity contribution is 14.1. The van der Waals surface area contributed by atoms with Crippen molar-refractivity contribution in [1.29, 1.82) is 0 Å². The molecule has 0 saturated carbocycles. The first kappa shape index (κ1) is 16.8. The van der Waals surface area contributed by atoms with Gasteiger partial charge in [-0.15, -0.1) is 0 Å². The SMILES string of the molecule is O=C(Nc1[nH]c2ccccc2[n+]1Cc1ccccc1)c1ccccc1I. The molecule has 0 bridgehead atoms. The van der Waals surface area contributed by atoms with Crippen LogP contribution in [0.25, 0.3) is 11.0 Å². The van der Waals surface area contributed by atoms with Crippen molar-refractivity contribution in [2.24, 2.45) is 0 Å². The number of hydrogen-bond donors (Lipinski definition) is 2. The molecular weight excluding hydrogens is 437 g/mol. The van der Waals surface area contributed by atoms with Crippen LogP contribution >= 0.6 is 22.6 Å². The third-order valence-electron chi connectivity index (χ3n) is 4.25.